The molecule has 0 aromatic heterocycles. The van der Waals surface area contributed by atoms with Gasteiger partial charge in [-0.3, -0.25) is 4.79 Å². The average molecular weight is 163 g/mol. The van der Waals surface area contributed by atoms with Crippen LogP contribution in [-0.4, -0.2) is 30.4 Å². The topological polar surface area (TPSA) is 54.5 Å². The van der Waals surface area contributed by atoms with E-state index in [0.29, 0.717) is 0 Å². The molecule has 0 N–H and O–H groups in total. The molecule has 1 aliphatic heterocycles. The molecule has 4 nitrogen and oxygen atoms in total. The molecule has 0 radical (unpaired) electrons. The molecule has 1 heterocycles. The van der Waals surface area contributed by atoms with Crippen LogP contribution in [0.25, 0.3) is 0 Å². The minimum Gasteiger partial charge on any atom is -0.272 e. The van der Waals surface area contributed by atoms with Gasteiger partial charge >= 0.3 is 0 Å². The van der Waals surface area contributed by atoms with Crippen molar-refractivity contribution in [3.63, 3.8) is 0 Å². The molecule has 1 rings (SSSR count). The Kier molecular flexibility index (Phi) is 1.15. The summed E-state index contributed by atoms with van der Waals surface area (Å²) >= 11 is 0. The molecular formula is C5H9NO3S. The van der Waals surface area contributed by atoms with E-state index >= 15 is 0 Å². The number of carbonyl (C=O) groups is 1. The third-order valence-corrected chi connectivity index (χ3v) is 4.16. The quantitative estimate of drug-likeness (QED) is 0.486. The maximum Gasteiger partial charge on any atom is 0.258 e. The van der Waals surface area contributed by atoms with Crippen LogP contribution in [0.2, 0.25) is 0 Å². The van der Waals surface area contributed by atoms with Crippen LogP contribution in [0, 0.1) is 0 Å². The Bertz CT molecular complexity index is 277. The van der Waals surface area contributed by atoms with Crippen LogP contribution in [0.1, 0.15) is 13.8 Å². The maximum atomic E-state index is 11.0. The van der Waals surface area contributed by atoms with E-state index in [1.165, 1.54) is 20.9 Å². The van der Waals surface area contributed by atoms with Gasteiger partial charge < -0.3 is 0 Å². The highest BCUT2D eigenvalue weighted by molar-refractivity contribution is 7.94. The third kappa shape index (κ3) is 0.513. The number of hydrogen-bond acceptors (Lipinski definition) is 3. The third-order valence-electron chi connectivity index (χ3n) is 1.81. The molecule has 1 aliphatic rings. The number of carbonyl (C=O) groups excluding carboxylic acids is 1. The van der Waals surface area contributed by atoms with Crippen molar-refractivity contribution in [3.05, 3.63) is 0 Å². The van der Waals surface area contributed by atoms with Gasteiger partial charge in [0.05, 0.1) is 0 Å². The van der Waals surface area contributed by atoms with Gasteiger partial charge in [-0.15, -0.1) is 0 Å². The first kappa shape index (κ1) is 7.53. The Morgan fingerprint density at radius 2 is 1.80 bits per heavy atom. The molecule has 0 bridgehead atoms. The Labute approximate surface area is 59.9 Å². The van der Waals surface area contributed by atoms with Crippen molar-refractivity contribution in [2.24, 2.45) is 0 Å². The van der Waals surface area contributed by atoms with E-state index in [1.807, 2.05) is 0 Å². The predicted molar refractivity (Wildman–Crippen MR) is 35.8 cm³/mol. The normalized spacial score (nSPS) is 27.9. The molecule has 0 unspecified atom stereocenters. The molecule has 1 saturated heterocycles. The molecule has 0 aromatic carbocycles. The summed E-state index contributed by atoms with van der Waals surface area (Å²) in [5.74, 6) is -0.340. The summed E-state index contributed by atoms with van der Waals surface area (Å²) < 4.78 is 21.6. The lowest BCUT2D eigenvalue weighted by Crippen LogP contribution is -2.65. The smallest absolute Gasteiger partial charge is 0.258 e. The first-order valence-electron chi connectivity index (χ1n) is 2.84. The number of rotatable bonds is 0. The lowest BCUT2D eigenvalue weighted by molar-refractivity contribution is -0.131. The summed E-state index contributed by atoms with van der Waals surface area (Å²) in [4.78, 5) is 10.8. The van der Waals surface area contributed by atoms with E-state index < -0.39 is 14.8 Å². The van der Waals surface area contributed by atoms with Crippen molar-refractivity contribution in [1.82, 2.24) is 4.31 Å². The minimum absolute atomic E-state index is 0.340. The molecule has 0 aromatic rings. The van der Waals surface area contributed by atoms with Crippen LogP contribution in [0.4, 0.5) is 0 Å². The number of nitrogens with zero attached hydrogens (tertiary/aromatic N) is 1. The first-order chi connectivity index (χ1) is 4.32. The SMILES string of the molecule is CN1C(=O)C(C)(C)S1(=O)=O. The van der Waals surface area contributed by atoms with E-state index in [9.17, 15) is 13.2 Å². The summed E-state index contributed by atoms with van der Waals surface area (Å²) in [5.41, 5.74) is 0. The fourth-order valence-electron chi connectivity index (χ4n) is 0.902. The molecule has 58 valence electrons. The minimum atomic E-state index is -3.30. The van der Waals surface area contributed by atoms with Gasteiger partial charge in [0.25, 0.3) is 15.9 Å². The van der Waals surface area contributed by atoms with Gasteiger partial charge in [0.2, 0.25) is 0 Å². The van der Waals surface area contributed by atoms with Gasteiger partial charge in [0.1, 0.15) is 0 Å². The molecule has 1 amide bonds. The highest BCUT2D eigenvalue weighted by Gasteiger charge is 2.58. The van der Waals surface area contributed by atoms with Gasteiger partial charge in [0, 0.05) is 7.05 Å². The van der Waals surface area contributed by atoms with Crippen LogP contribution >= 0.6 is 0 Å². The molecule has 5 heteroatoms. The Morgan fingerprint density at radius 3 is 1.90 bits per heavy atom. The standard InChI is InChI=1S/C5H9NO3S/c1-5(2)4(7)6(3)10(5,8)9/h1-3H3. The van der Waals surface area contributed by atoms with Crippen molar-refractivity contribution >= 4 is 15.9 Å². The van der Waals surface area contributed by atoms with Crippen molar-refractivity contribution in [2.45, 2.75) is 18.6 Å². The second-order valence-electron chi connectivity index (χ2n) is 2.79. The second-order valence-corrected chi connectivity index (χ2v) is 5.31. The summed E-state index contributed by atoms with van der Waals surface area (Å²) in [6.07, 6.45) is 0. The van der Waals surface area contributed by atoms with Crippen LogP contribution in [0.5, 0.6) is 0 Å². The average Bonchev–Trinajstić information content (AvgIpc) is 1.84. The van der Waals surface area contributed by atoms with Gasteiger partial charge in [-0.05, 0) is 13.8 Å². The van der Waals surface area contributed by atoms with Gasteiger partial charge in [-0.25, -0.2) is 12.7 Å². The van der Waals surface area contributed by atoms with Gasteiger partial charge in [0.15, 0.2) is 4.75 Å². The van der Waals surface area contributed by atoms with E-state index in [0.717, 1.165) is 4.31 Å². The highest BCUT2D eigenvalue weighted by atomic mass is 32.2. The van der Waals surface area contributed by atoms with Crippen LogP contribution in [-0.2, 0) is 14.8 Å². The fourth-order valence-corrected chi connectivity index (χ4v) is 2.26. The summed E-state index contributed by atoms with van der Waals surface area (Å²) in [6.45, 7) is 2.81. The largest absolute Gasteiger partial charge is 0.272 e. The molecule has 0 aliphatic carbocycles. The zero-order valence-electron chi connectivity index (χ0n) is 6.08. The summed E-state index contributed by atoms with van der Waals surface area (Å²) in [7, 11) is -2.04. The summed E-state index contributed by atoms with van der Waals surface area (Å²) in [5, 5.41) is 0. The molecule has 0 saturated carbocycles. The second kappa shape index (κ2) is 1.53. The number of amides is 1. The Balaban J connectivity index is 3.17. The molecule has 0 spiro atoms. The molecule has 10 heavy (non-hydrogen) atoms. The lowest BCUT2D eigenvalue weighted by Gasteiger charge is -2.40. The van der Waals surface area contributed by atoms with Crippen LogP contribution < -0.4 is 0 Å². The Morgan fingerprint density at radius 1 is 1.40 bits per heavy atom. The number of hydrogen-bond donors (Lipinski definition) is 0. The lowest BCUT2D eigenvalue weighted by atomic mass is 10.2. The predicted octanol–water partition coefficient (Wildman–Crippen LogP) is -0.433. The fraction of sp³-hybridized carbons (Fsp3) is 0.800. The van der Waals surface area contributed by atoms with Crippen LogP contribution in [0.15, 0.2) is 0 Å². The molecular weight excluding hydrogens is 154 g/mol. The van der Waals surface area contributed by atoms with E-state index in [1.54, 1.807) is 0 Å². The van der Waals surface area contributed by atoms with E-state index in [4.69, 9.17) is 0 Å². The monoisotopic (exact) mass is 163 g/mol. The van der Waals surface area contributed by atoms with Gasteiger partial charge in [-0.2, -0.15) is 0 Å². The maximum absolute atomic E-state index is 11.0. The first-order valence-corrected chi connectivity index (χ1v) is 4.29. The van der Waals surface area contributed by atoms with Crippen molar-refractivity contribution in [2.75, 3.05) is 7.05 Å². The van der Waals surface area contributed by atoms with Crippen molar-refractivity contribution in [1.29, 1.82) is 0 Å². The number of sulfonamides is 1. The Hall–Kier alpha value is -0.580. The zero-order valence-corrected chi connectivity index (χ0v) is 6.90. The van der Waals surface area contributed by atoms with Crippen molar-refractivity contribution < 1.29 is 13.2 Å². The van der Waals surface area contributed by atoms with E-state index in [2.05, 4.69) is 0 Å². The molecule has 0 atom stereocenters. The van der Waals surface area contributed by atoms with Crippen LogP contribution in [0.3, 0.4) is 0 Å². The zero-order chi connectivity index (χ0) is 8.15. The highest BCUT2D eigenvalue weighted by Crippen LogP contribution is 2.32. The summed E-state index contributed by atoms with van der Waals surface area (Å²) in [6, 6.07) is 0. The van der Waals surface area contributed by atoms with E-state index in [-0.39, 0.29) is 5.91 Å². The molecule has 1 fully saturated rings. The van der Waals surface area contributed by atoms with Crippen molar-refractivity contribution in [3.8, 4) is 0 Å². The van der Waals surface area contributed by atoms with Gasteiger partial charge in [-0.1, -0.05) is 0 Å².